The first kappa shape index (κ1) is 34.1. The first-order chi connectivity index (χ1) is 19.3. The van der Waals surface area contributed by atoms with Gasteiger partial charge in [0.05, 0.1) is 0 Å². The van der Waals surface area contributed by atoms with E-state index in [-0.39, 0.29) is 17.7 Å². The van der Waals surface area contributed by atoms with E-state index in [4.69, 9.17) is 9.47 Å². The van der Waals surface area contributed by atoms with Gasteiger partial charge in [0.15, 0.2) is 0 Å². The maximum atomic E-state index is 14.1. The number of nitrogens with zero attached hydrogens (tertiary/aromatic N) is 1. The number of para-hydroxylation sites is 1. The molecular formula is C32H45N3O7. The zero-order valence-corrected chi connectivity index (χ0v) is 26.1. The number of esters is 1. The summed E-state index contributed by atoms with van der Waals surface area (Å²) in [6, 6.07) is 12.9. The molecule has 0 radical (unpaired) electrons. The van der Waals surface area contributed by atoms with Gasteiger partial charge in [0, 0.05) is 17.5 Å². The molecule has 3 amide bonds. The van der Waals surface area contributed by atoms with Gasteiger partial charge in [-0.15, -0.1) is 0 Å². The van der Waals surface area contributed by atoms with Crippen LogP contribution in [-0.2, 0) is 30.3 Å². The van der Waals surface area contributed by atoms with Crippen molar-refractivity contribution in [2.24, 2.45) is 0 Å². The van der Waals surface area contributed by atoms with Crippen LogP contribution in [0.2, 0.25) is 0 Å². The highest BCUT2D eigenvalue weighted by Crippen LogP contribution is 2.34. The largest absolute Gasteiger partial charge is 0.508 e. The molecule has 42 heavy (non-hydrogen) atoms. The molecule has 0 bridgehead atoms. The molecular weight excluding hydrogens is 538 g/mol. The third-order valence-corrected chi connectivity index (χ3v) is 5.80. The van der Waals surface area contributed by atoms with Crippen LogP contribution >= 0.6 is 0 Å². The number of benzene rings is 2. The zero-order chi connectivity index (χ0) is 31.9. The van der Waals surface area contributed by atoms with E-state index in [0.717, 1.165) is 5.56 Å². The number of hydrogen-bond donors (Lipinski definition) is 3. The highest BCUT2D eigenvalue weighted by molar-refractivity contribution is 5.93. The Morgan fingerprint density at radius 3 is 1.88 bits per heavy atom. The molecule has 10 heteroatoms. The third-order valence-electron chi connectivity index (χ3n) is 5.80. The summed E-state index contributed by atoms with van der Waals surface area (Å²) in [5.41, 5.74) is -1.60. The summed E-state index contributed by atoms with van der Waals surface area (Å²) < 4.78 is 10.9. The fourth-order valence-corrected chi connectivity index (χ4v) is 4.24. The minimum atomic E-state index is -1.36. The summed E-state index contributed by atoms with van der Waals surface area (Å²) in [5.74, 6) is -2.16. The fraction of sp³-hybridized carbons (Fsp3) is 0.500. The maximum Gasteiger partial charge on any atom is 0.408 e. The van der Waals surface area contributed by atoms with Crippen molar-refractivity contribution < 1.29 is 33.8 Å². The van der Waals surface area contributed by atoms with E-state index in [1.54, 1.807) is 74.4 Å². The molecule has 10 nitrogen and oxygen atoms in total. The summed E-state index contributed by atoms with van der Waals surface area (Å²) in [6.45, 7) is 15.0. The third kappa shape index (κ3) is 10.7. The van der Waals surface area contributed by atoms with Gasteiger partial charge in [0.2, 0.25) is 11.8 Å². The summed E-state index contributed by atoms with van der Waals surface area (Å²) in [7, 11) is 0. The predicted octanol–water partition coefficient (Wildman–Crippen LogP) is 4.65. The Hall–Kier alpha value is -4.08. The minimum absolute atomic E-state index is 0.138. The molecule has 2 aromatic carbocycles. The monoisotopic (exact) mass is 583 g/mol. The molecule has 0 aliphatic heterocycles. The lowest BCUT2D eigenvalue weighted by Crippen LogP contribution is -2.57. The number of aromatic hydroxyl groups is 1. The Morgan fingerprint density at radius 2 is 1.36 bits per heavy atom. The number of carbonyl (C=O) groups excluding carboxylic acids is 4. The van der Waals surface area contributed by atoms with Gasteiger partial charge >= 0.3 is 12.1 Å². The number of amides is 3. The van der Waals surface area contributed by atoms with E-state index < -0.39 is 59.2 Å². The molecule has 2 atom stereocenters. The van der Waals surface area contributed by atoms with Crippen molar-refractivity contribution in [2.75, 3.05) is 6.54 Å². The highest BCUT2D eigenvalue weighted by Gasteiger charge is 2.41. The Bertz CT molecular complexity index is 1240. The molecule has 0 aliphatic rings. The van der Waals surface area contributed by atoms with E-state index >= 15 is 0 Å². The van der Waals surface area contributed by atoms with E-state index in [2.05, 4.69) is 10.6 Å². The lowest BCUT2D eigenvalue weighted by molar-refractivity contribution is -0.159. The van der Waals surface area contributed by atoms with Crippen molar-refractivity contribution in [2.45, 2.75) is 97.6 Å². The molecule has 230 valence electrons. The lowest BCUT2D eigenvalue weighted by atomic mass is 9.95. The summed E-state index contributed by atoms with van der Waals surface area (Å²) >= 11 is 0. The topological polar surface area (TPSA) is 134 Å². The van der Waals surface area contributed by atoms with Crippen molar-refractivity contribution >= 4 is 23.9 Å². The van der Waals surface area contributed by atoms with Crippen LogP contribution < -0.4 is 10.6 Å². The van der Waals surface area contributed by atoms with E-state index in [0.29, 0.717) is 0 Å². The van der Waals surface area contributed by atoms with Crippen molar-refractivity contribution in [1.82, 2.24) is 15.5 Å². The number of rotatable bonds is 9. The predicted molar refractivity (Wildman–Crippen MR) is 160 cm³/mol. The smallest absolute Gasteiger partial charge is 0.408 e. The molecule has 3 N–H and O–H groups in total. The second-order valence-electron chi connectivity index (χ2n) is 13.0. The Kier molecular flexibility index (Phi) is 11.1. The van der Waals surface area contributed by atoms with Crippen LogP contribution in [0.25, 0.3) is 0 Å². The normalized spacial score (nSPS) is 13.4. The SMILES string of the molecule is CC(C)(C)OC(=O)NCC(=O)N(C(C(=O)NC(Cc1ccccc1)C(=O)OC(C)(C)C)c1ccccc1O)C(C)(C)C. The molecule has 0 heterocycles. The highest BCUT2D eigenvalue weighted by atomic mass is 16.6. The van der Waals surface area contributed by atoms with Gasteiger partial charge in [0.25, 0.3) is 0 Å². The standard InChI is InChI=1S/C32H45N3O7/c1-30(2,3)35(25(37)20-33-29(40)42-32(7,8)9)26(22-17-13-14-18-24(22)36)27(38)34-23(28(39)41-31(4,5)6)19-21-15-11-10-12-16-21/h10-18,23,26,36H,19-20H2,1-9H3,(H,33,40)(H,34,38). The summed E-state index contributed by atoms with van der Waals surface area (Å²) in [6.07, 6.45) is -0.653. The molecule has 2 rings (SSSR count). The Balaban J connectivity index is 2.51. The molecule has 2 unspecified atom stereocenters. The zero-order valence-electron chi connectivity index (χ0n) is 26.1. The molecule has 0 aliphatic carbocycles. The van der Waals surface area contributed by atoms with Crippen molar-refractivity contribution in [3.63, 3.8) is 0 Å². The number of carbonyl (C=O) groups is 4. The van der Waals surface area contributed by atoms with E-state index in [9.17, 15) is 24.3 Å². The van der Waals surface area contributed by atoms with Gasteiger partial charge in [-0.25, -0.2) is 9.59 Å². The van der Waals surface area contributed by atoms with Crippen molar-refractivity contribution in [3.8, 4) is 5.75 Å². The quantitative estimate of drug-likeness (QED) is 0.366. The van der Waals surface area contributed by atoms with Crippen LogP contribution in [0.5, 0.6) is 5.75 Å². The maximum absolute atomic E-state index is 14.1. The Morgan fingerprint density at radius 1 is 0.810 bits per heavy atom. The van der Waals surface area contributed by atoms with Crippen LogP contribution in [0.4, 0.5) is 4.79 Å². The number of nitrogens with one attached hydrogen (secondary N) is 2. The van der Waals surface area contributed by atoms with Crippen molar-refractivity contribution in [3.05, 3.63) is 65.7 Å². The second kappa shape index (κ2) is 13.7. The van der Waals surface area contributed by atoms with Gasteiger partial charge in [-0.05, 0) is 73.9 Å². The van der Waals surface area contributed by atoms with Crippen LogP contribution in [0.3, 0.4) is 0 Å². The molecule has 0 saturated carbocycles. The molecule has 0 saturated heterocycles. The number of ether oxygens (including phenoxy) is 2. The second-order valence-corrected chi connectivity index (χ2v) is 13.0. The van der Waals surface area contributed by atoms with E-state index in [1.165, 1.54) is 17.0 Å². The number of hydrogen-bond acceptors (Lipinski definition) is 7. The average Bonchev–Trinajstić information content (AvgIpc) is 2.83. The fourth-order valence-electron chi connectivity index (χ4n) is 4.24. The van der Waals surface area contributed by atoms with Crippen LogP contribution in [-0.4, -0.2) is 63.2 Å². The molecule has 0 aromatic heterocycles. The van der Waals surface area contributed by atoms with E-state index in [1.807, 2.05) is 30.3 Å². The van der Waals surface area contributed by atoms with Crippen LogP contribution in [0.15, 0.2) is 54.6 Å². The lowest BCUT2D eigenvalue weighted by Gasteiger charge is -2.41. The molecule has 0 fully saturated rings. The molecule has 0 spiro atoms. The van der Waals surface area contributed by atoms with Gasteiger partial charge in [-0.1, -0.05) is 48.5 Å². The number of phenols is 1. The summed E-state index contributed by atoms with van der Waals surface area (Å²) in [5, 5.41) is 16.0. The van der Waals surface area contributed by atoms with Gasteiger partial charge in [-0.3, -0.25) is 9.59 Å². The number of phenolic OH excluding ortho intramolecular Hbond substituents is 1. The van der Waals surface area contributed by atoms with Crippen LogP contribution in [0, 0.1) is 0 Å². The Labute approximate surface area is 248 Å². The van der Waals surface area contributed by atoms with Crippen LogP contribution in [0.1, 0.15) is 79.5 Å². The average molecular weight is 584 g/mol. The summed E-state index contributed by atoms with van der Waals surface area (Å²) in [4.78, 5) is 54.7. The first-order valence-corrected chi connectivity index (χ1v) is 13.9. The van der Waals surface area contributed by atoms with Crippen molar-refractivity contribution in [1.29, 1.82) is 0 Å². The first-order valence-electron chi connectivity index (χ1n) is 13.9. The number of alkyl carbamates (subject to hydrolysis) is 1. The molecule has 2 aromatic rings. The van der Waals surface area contributed by atoms with Gasteiger partial charge in [0.1, 0.15) is 35.6 Å². The van der Waals surface area contributed by atoms with Gasteiger partial charge in [-0.2, -0.15) is 0 Å². The van der Waals surface area contributed by atoms with Gasteiger partial charge < -0.3 is 30.1 Å². The minimum Gasteiger partial charge on any atom is -0.508 e.